The summed E-state index contributed by atoms with van der Waals surface area (Å²) >= 11 is 0. The van der Waals surface area contributed by atoms with Gasteiger partial charge in [0, 0.05) is 73.1 Å². The summed E-state index contributed by atoms with van der Waals surface area (Å²) in [5.74, 6) is 1.08. The number of para-hydroxylation sites is 2. The Morgan fingerprint density at radius 3 is 2.64 bits per heavy atom. The topological polar surface area (TPSA) is 85.0 Å². The van der Waals surface area contributed by atoms with Crippen LogP contribution >= 0.6 is 0 Å². The van der Waals surface area contributed by atoms with Crippen molar-refractivity contribution in [3.63, 3.8) is 0 Å². The molecule has 6 spiro atoms. The molecular weight excluding hydrogens is 668 g/mol. The van der Waals surface area contributed by atoms with Gasteiger partial charge < -0.3 is 33.9 Å². The first kappa shape index (κ1) is 30.1. The molecule has 0 aromatic heterocycles. The van der Waals surface area contributed by atoms with Gasteiger partial charge in [-0.05, 0) is 81.2 Å². The number of methoxy groups -OCH3 is 2. The fraction of sp³-hybridized carbons (Fsp3) is 0.651. The standard InChI is InChI=1S/C43H48N4O6/c1-49-29-9-5-7-27-31(29)47-23-40-21-24-20-38-13-18-51-30(38)10-15-45-16-12-42(27,35(38)45)43(24,47)53-37(40)46-17-11-41-26-6-3-4-8-28(26)44-32(41)25(33(48)50-2)22-39(34(41)46)14-19-52-36(39)40/h3-9,24,30,34-37,44H,10-23H2,1-2H3/t24-,30-,34-,35?,36+,37+,38+,39-,40+,41-,42+,43+/m0/s1. The number of hydrogen-bond acceptors (Lipinski definition) is 10. The van der Waals surface area contributed by atoms with Crippen molar-refractivity contribution in [3.05, 3.63) is 64.9 Å². The van der Waals surface area contributed by atoms with Gasteiger partial charge in [-0.1, -0.05) is 30.3 Å². The predicted octanol–water partition coefficient (Wildman–Crippen LogP) is 4.53. The highest BCUT2D eigenvalue weighted by atomic mass is 16.6. The number of anilines is 2. The zero-order valence-corrected chi connectivity index (χ0v) is 30.7. The summed E-state index contributed by atoms with van der Waals surface area (Å²) in [6.07, 6.45) is 8.27. The van der Waals surface area contributed by atoms with Gasteiger partial charge in [-0.15, -0.1) is 0 Å². The molecule has 0 radical (unpaired) electrons. The Balaban J connectivity index is 1.03. The fourth-order valence-electron chi connectivity index (χ4n) is 17.3. The minimum absolute atomic E-state index is 0.0597. The Morgan fingerprint density at radius 2 is 1.74 bits per heavy atom. The third-order valence-electron chi connectivity index (χ3n) is 18.1. The normalized spacial score (nSPS) is 49.6. The third kappa shape index (κ3) is 2.77. The number of hydrogen-bond donors (Lipinski definition) is 1. The van der Waals surface area contributed by atoms with Crippen molar-refractivity contribution in [2.45, 2.75) is 98.4 Å². The first-order valence-electron chi connectivity index (χ1n) is 20.5. The molecule has 1 unspecified atom stereocenters. The minimum atomic E-state index is -0.476. The highest BCUT2D eigenvalue weighted by Gasteiger charge is 2.88. The second kappa shape index (κ2) is 9.10. The largest absolute Gasteiger partial charge is 0.495 e. The SMILES string of the molecule is COC(=O)C1=C2Nc3ccccc3[C@@]23CCN2[C@@H]4O[C@]56[C@H]7C[C@]89CCO[C@H]8CCN8CC[C@@]5(c5cccc(OC)c5N6C[C@]4(C7)[C@@H]4OCC[C@]4(C1)[C@H]23)C89. The van der Waals surface area contributed by atoms with Gasteiger partial charge in [0.2, 0.25) is 0 Å². The zero-order chi connectivity index (χ0) is 34.9. The number of carbonyl (C=O) groups is 1. The lowest BCUT2D eigenvalue weighted by Crippen LogP contribution is -2.88. The van der Waals surface area contributed by atoms with Gasteiger partial charge in [-0.2, -0.15) is 0 Å². The van der Waals surface area contributed by atoms with Gasteiger partial charge in [-0.3, -0.25) is 9.80 Å². The number of carbonyl (C=O) groups excluding carboxylic acids is 1. The van der Waals surface area contributed by atoms with Gasteiger partial charge in [0.25, 0.3) is 0 Å². The van der Waals surface area contributed by atoms with Crippen LogP contribution in [-0.4, -0.2) is 106 Å². The molecule has 53 heavy (non-hydrogen) atoms. The summed E-state index contributed by atoms with van der Waals surface area (Å²) in [7, 11) is 3.39. The molecule has 1 N–H and O–H groups in total. The minimum Gasteiger partial charge on any atom is -0.495 e. The number of esters is 1. The molecule has 11 aliphatic heterocycles. The molecule has 11 heterocycles. The van der Waals surface area contributed by atoms with Crippen molar-refractivity contribution in [1.82, 2.24) is 9.80 Å². The average molecular weight is 717 g/mol. The van der Waals surface area contributed by atoms with Crippen LogP contribution in [0.4, 0.5) is 11.4 Å². The lowest BCUT2D eigenvalue weighted by molar-refractivity contribution is -0.378. The fourth-order valence-corrected chi connectivity index (χ4v) is 17.3. The van der Waals surface area contributed by atoms with Gasteiger partial charge >= 0.3 is 5.97 Å². The zero-order valence-electron chi connectivity index (χ0n) is 30.7. The molecule has 10 heteroatoms. The summed E-state index contributed by atoms with van der Waals surface area (Å²) < 4.78 is 34.4. The van der Waals surface area contributed by atoms with Crippen molar-refractivity contribution in [2.75, 3.05) is 63.8 Å². The molecule has 15 rings (SSSR count). The van der Waals surface area contributed by atoms with Gasteiger partial charge in [0.15, 0.2) is 5.72 Å². The highest BCUT2D eigenvalue weighted by Crippen LogP contribution is 2.81. The van der Waals surface area contributed by atoms with E-state index >= 15 is 0 Å². The van der Waals surface area contributed by atoms with Crippen molar-refractivity contribution in [2.24, 2.45) is 22.2 Å². The molecule has 9 saturated heterocycles. The molecule has 2 aromatic rings. The van der Waals surface area contributed by atoms with Crippen LogP contribution in [0, 0.1) is 22.2 Å². The quantitative estimate of drug-likeness (QED) is 0.448. The third-order valence-corrected chi connectivity index (χ3v) is 18.1. The van der Waals surface area contributed by atoms with E-state index in [0.717, 1.165) is 100 Å². The van der Waals surface area contributed by atoms with E-state index in [0.29, 0.717) is 31.1 Å². The summed E-state index contributed by atoms with van der Waals surface area (Å²) in [5, 5.41) is 3.83. The Bertz CT molecular complexity index is 2110. The molecule has 12 atom stereocenters. The van der Waals surface area contributed by atoms with E-state index in [4.69, 9.17) is 23.7 Å². The lowest BCUT2D eigenvalue weighted by atomic mass is 9.41. The number of fused-ring (bicyclic) bond motifs is 2. The van der Waals surface area contributed by atoms with Crippen molar-refractivity contribution >= 4 is 17.3 Å². The Kier molecular flexibility index (Phi) is 5.17. The maximum Gasteiger partial charge on any atom is 0.335 e. The molecule has 10 fully saturated rings. The van der Waals surface area contributed by atoms with Crippen LogP contribution in [0.25, 0.3) is 0 Å². The second-order valence-corrected chi connectivity index (χ2v) is 19.0. The smallest absolute Gasteiger partial charge is 0.335 e. The second-order valence-electron chi connectivity index (χ2n) is 19.0. The van der Waals surface area contributed by atoms with E-state index in [9.17, 15) is 4.79 Å². The van der Waals surface area contributed by atoms with Crippen LogP contribution in [0.5, 0.6) is 5.75 Å². The van der Waals surface area contributed by atoms with E-state index in [1.165, 1.54) is 16.8 Å². The molecule has 2 aliphatic carbocycles. The summed E-state index contributed by atoms with van der Waals surface area (Å²) in [6, 6.07) is 16.2. The highest BCUT2D eigenvalue weighted by molar-refractivity contribution is 5.93. The van der Waals surface area contributed by atoms with Gasteiger partial charge in [0.1, 0.15) is 12.0 Å². The number of ether oxygens (including phenoxy) is 5. The Morgan fingerprint density at radius 1 is 0.887 bits per heavy atom. The molecule has 276 valence electrons. The maximum atomic E-state index is 14.0. The van der Waals surface area contributed by atoms with Gasteiger partial charge in [0.05, 0.1) is 53.9 Å². The predicted molar refractivity (Wildman–Crippen MR) is 193 cm³/mol. The maximum absolute atomic E-state index is 14.0. The first-order chi connectivity index (χ1) is 25.9. The van der Waals surface area contributed by atoms with E-state index in [2.05, 4.69) is 62.5 Å². The summed E-state index contributed by atoms with van der Waals surface area (Å²) in [6.45, 7) is 5.58. The summed E-state index contributed by atoms with van der Waals surface area (Å²) in [4.78, 5) is 22.5. The monoisotopic (exact) mass is 716 g/mol. The number of benzene rings is 2. The van der Waals surface area contributed by atoms with Crippen molar-refractivity contribution in [3.8, 4) is 5.75 Å². The number of nitrogens with zero attached hydrogens (tertiary/aromatic N) is 3. The van der Waals surface area contributed by atoms with E-state index in [1.807, 2.05) is 7.11 Å². The van der Waals surface area contributed by atoms with Crippen LogP contribution in [0.3, 0.4) is 0 Å². The van der Waals surface area contributed by atoms with E-state index in [-0.39, 0.29) is 51.4 Å². The number of nitrogens with one attached hydrogen (secondary N) is 1. The molecular formula is C43H48N4O6. The van der Waals surface area contributed by atoms with Crippen LogP contribution in [0.2, 0.25) is 0 Å². The van der Waals surface area contributed by atoms with Crippen molar-refractivity contribution < 1.29 is 28.5 Å². The van der Waals surface area contributed by atoms with Crippen molar-refractivity contribution in [1.29, 1.82) is 0 Å². The van der Waals surface area contributed by atoms with Crippen LogP contribution in [0.1, 0.15) is 62.5 Å². The molecule has 10 nitrogen and oxygen atoms in total. The average Bonchev–Trinajstić information content (AvgIpc) is 4.04. The van der Waals surface area contributed by atoms with E-state index in [1.54, 1.807) is 7.11 Å². The molecule has 2 bridgehead atoms. The number of piperidine rings is 3. The summed E-state index contributed by atoms with van der Waals surface area (Å²) in [5.41, 5.74) is 5.61. The molecule has 0 amide bonds. The van der Waals surface area contributed by atoms with Crippen LogP contribution < -0.4 is 15.0 Å². The van der Waals surface area contributed by atoms with Crippen LogP contribution in [-0.2, 0) is 34.6 Å². The Labute approximate surface area is 310 Å². The molecule has 2 aromatic carbocycles. The van der Waals surface area contributed by atoms with Gasteiger partial charge in [-0.25, -0.2) is 4.79 Å². The first-order valence-corrected chi connectivity index (χ1v) is 20.5. The molecule has 1 saturated carbocycles. The Hall–Kier alpha value is -3.15. The lowest BCUT2D eigenvalue weighted by Gasteiger charge is -2.77. The molecule has 13 aliphatic rings. The van der Waals surface area contributed by atoms with Crippen LogP contribution in [0.15, 0.2) is 53.7 Å². The number of rotatable bonds is 2. The van der Waals surface area contributed by atoms with E-state index < -0.39 is 5.72 Å².